The van der Waals surface area contributed by atoms with E-state index in [1.54, 1.807) is 5.38 Å². The number of alkyl halides is 3. The molecule has 3 rings (SSSR count). The van der Waals surface area contributed by atoms with E-state index in [4.69, 9.17) is 0 Å². The third-order valence-electron chi connectivity index (χ3n) is 3.55. The van der Waals surface area contributed by atoms with Crippen LogP contribution in [0.15, 0.2) is 59.0 Å². The highest BCUT2D eigenvalue weighted by Gasteiger charge is 2.29. The van der Waals surface area contributed by atoms with Crippen LogP contribution in [0.4, 0.5) is 18.3 Å². The second-order valence-electron chi connectivity index (χ2n) is 5.34. The molecule has 3 aromatic rings. The van der Waals surface area contributed by atoms with Gasteiger partial charge in [-0.3, -0.25) is 14.9 Å². The Morgan fingerprint density at radius 2 is 1.92 bits per heavy atom. The maximum atomic E-state index is 12.6. The zero-order valence-corrected chi connectivity index (χ0v) is 14.0. The zero-order chi connectivity index (χ0) is 18.7. The van der Waals surface area contributed by atoms with E-state index in [1.807, 2.05) is 0 Å². The number of thiazole rings is 1. The maximum Gasteiger partial charge on any atom is 0.416 e. The summed E-state index contributed by atoms with van der Waals surface area (Å²) in [6, 6.07) is 7.44. The Balaban J connectivity index is 1.81. The largest absolute Gasteiger partial charge is 0.416 e. The van der Waals surface area contributed by atoms with Crippen molar-refractivity contribution in [3.63, 3.8) is 0 Å². The van der Waals surface area contributed by atoms with Gasteiger partial charge in [0.1, 0.15) is 5.56 Å². The van der Waals surface area contributed by atoms with Crippen molar-refractivity contribution in [2.45, 2.75) is 12.7 Å². The number of nitrogens with zero attached hydrogens (tertiary/aromatic N) is 2. The first-order valence-corrected chi connectivity index (χ1v) is 8.29. The number of hydrogen-bond acceptors (Lipinski definition) is 4. The second kappa shape index (κ2) is 7.12. The SMILES string of the molecule is O=C(Nc1nccs1)c1cccn(Cc2ccc(C(F)(F)F)cc2)c1=O. The Bertz CT molecular complexity index is 964. The minimum atomic E-state index is -4.41. The second-order valence-corrected chi connectivity index (χ2v) is 6.24. The first kappa shape index (κ1) is 17.9. The highest BCUT2D eigenvalue weighted by atomic mass is 32.1. The number of benzene rings is 1. The fourth-order valence-electron chi connectivity index (χ4n) is 2.28. The lowest BCUT2D eigenvalue weighted by Gasteiger charge is -2.10. The van der Waals surface area contributed by atoms with Crippen molar-refractivity contribution < 1.29 is 18.0 Å². The lowest BCUT2D eigenvalue weighted by atomic mass is 10.1. The van der Waals surface area contributed by atoms with Crippen molar-refractivity contribution in [2.75, 3.05) is 5.32 Å². The summed E-state index contributed by atoms with van der Waals surface area (Å²) in [5.41, 5.74) is -0.862. The predicted molar refractivity (Wildman–Crippen MR) is 91.3 cm³/mol. The molecule has 0 spiro atoms. The van der Waals surface area contributed by atoms with E-state index >= 15 is 0 Å². The standard InChI is InChI=1S/C17H12F3N3O2S/c18-17(19,20)12-5-3-11(4-6-12)10-23-8-1-2-13(15(23)25)14(24)22-16-21-7-9-26-16/h1-9H,10H2,(H,21,22,24). The van der Waals surface area contributed by atoms with Crippen LogP contribution in [0.2, 0.25) is 0 Å². The Morgan fingerprint density at radius 1 is 1.19 bits per heavy atom. The number of anilines is 1. The molecule has 0 fully saturated rings. The van der Waals surface area contributed by atoms with Gasteiger partial charge in [0.15, 0.2) is 5.13 Å². The minimum absolute atomic E-state index is 0.0509. The number of carbonyl (C=O) groups is 1. The van der Waals surface area contributed by atoms with Crippen molar-refractivity contribution in [3.05, 3.63) is 81.2 Å². The van der Waals surface area contributed by atoms with E-state index in [9.17, 15) is 22.8 Å². The summed E-state index contributed by atoms with van der Waals surface area (Å²) in [5, 5.41) is 4.58. The molecule has 26 heavy (non-hydrogen) atoms. The Labute approximate surface area is 149 Å². The minimum Gasteiger partial charge on any atom is -0.310 e. The molecule has 5 nitrogen and oxygen atoms in total. The topological polar surface area (TPSA) is 64.0 Å². The van der Waals surface area contributed by atoms with E-state index in [-0.39, 0.29) is 12.1 Å². The third kappa shape index (κ3) is 3.99. The first-order valence-electron chi connectivity index (χ1n) is 7.41. The number of carbonyl (C=O) groups excluding carboxylic acids is 1. The number of amides is 1. The smallest absolute Gasteiger partial charge is 0.310 e. The monoisotopic (exact) mass is 379 g/mol. The van der Waals surface area contributed by atoms with Crippen LogP contribution in [-0.4, -0.2) is 15.5 Å². The van der Waals surface area contributed by atoms with Crippen molar-refractivity contribution in [3.8, 4) is 0 Å². The molecule has 2 aromatic heterocycles. The van der Waals surface area contributed by atoms with Crippen LogP contribution in [-0.2, 0) is 12.7 Å². The highest BCUT2D eigenvalue weighted by molar-refractivity contribution is 7.13. The highest BCUT2D eigenvalue weighted by Crippen LogP contribution is 2.29. The number of aromatic nitrogens is 2. The molecular weight excluding hydrogens is 367 g/mol. The summed E-state index contributed by atoms with van der Waals surface area (Å²) < 4.78 is 39.1. The molecule has 9 heteroatoms. The summed E-state index contributed by atoms with van der Waals surface area (Å²) in [6.07, 6.45) is -1.42. The van der Waals surface area contributed by atoms with Gasteiger partial charge in [-0.2, -0.15) is 13.2 Å². The summed E-state index contributed by atoms with van der Waals surface area (Å²) in [5.74, 6) is -0.591. The molecule has 1 amide bonds. The fourth-order valence-corrected chi connectivity index (χ4v) is 2.80. The van der Waals surface area contributed by atoms with Crippen molar-refractivity contribution in [2.24, 2.45) is 0 Å². The quantitative estimate of drug-likeness (QED) is 0.753. The number of hydrogen-bond donors (Lipinski definition) is 1. The van der Waals surface area contributed by atoms with Gasteiger partial charge in [-0.1, -0.05) is 12.1 Å². The number of halogens is 3. The average molecular weight is 379 g/mol. The van der Waals surface area contributed by atoms with Crippen molar-refractivity contribution in [1.82, 2.24) is 9.55 Å². The molecule has 0 saturated heterocycles. The van der Waals surface area contributed by atoms with E-state index < -0.39 is 23.2 Å². The molecule has 0 atom stereocenters. The molecular formula is C17H12F3N3O2S. The lowest BCUT2D eigenvalue weighted by molar-refractivity contribution is -0.137. The van der Waals surface area contributed by atoms with Gasteiger partial charge in [0.2, 0.25) is 0 Å². The van der Waals surface area contributed by atoms with Crippen LogP contribution in [0.5, 0.6) is 0 Å². The maximum absolute atomic E-state index is 12.6. The van der Waals surface area contributed by atoms with Crippen LogP contribution in [0.1, 0.15) is 21.5 Å². The van der Waals surface area contributed by atoms with Gasteiger partial charge in [-0.25, -0.2) is 4.98 Å². The van der Waals surface area contributed by atoms with E-state index in [1.165, 1.54) is 52.6 Å². The number of rotatable bonds is 4. The number of pyridine rings is 1. The number of nitrogens with one attached hydrogen (secondary N) is 1. The van der Waals surface area contributed by atoms with Crippen molar-refractivity contribution >= 4 is 22.4 Å². The van der Waals surface area contributed by atoms with Gasteiger partial charge in [0.05, 0.1) is 12.1 Å². The Morgan fingerprint density at radius 3 is 2.54 bits per heavy atom. The van der Waals surface area contributed by atoms with Gasteiger partial charge < -0.3 is 4.57 Å². The summed E-state index contributed by atoms with van der Waals surface area (Å²) in [6.45, 7) is 0.0509. The molecule has 134 valence electrons. The van der Waals surface area contributed by atoms with Gasteiger partial charge in [-0.15, -0.1) is 11.3 Å². The lowest BCUT2D eigenvalue weighted by Crippen LogP contribution is -2.29. The van der Waals surface area contributed by atoms with E-state index in [2.05, 4.69) is 10.3 Å². The molecule has 1 N–H and O–H groups in total. The van der Waals surface area contributed by atoms with Crippen molar-refractivity contribution in [1.29, 1.82) is 0 Å². The molecule has 0 aliphatic carbocycles. The first-order chi connectivity index (χ1) is 12.3. The van der Waals surface area contributed by atoms with Gasteiger partial charge in [-0.05, 0) is 29.8 Å². The molecule has 2 heterocycles. The zero-order valence-electron chi connectivity index (χ0n) is 13.2. The summed E-state index contributed by atoms with van der Waals surface area (Å²) >= 11 is 1.22. The van der Waals surface area contributed by atoms with Crippen LogP contribution in [0, 0.1) is 0 Å². The summed E-state index contributed by atoms with van der Waals surface area (Å²) in [4.78, 5) is 28.6. The van der Waals surface area contributed by atoms with Gasteiger partial charge >= 0.3 is 6.18 Å². The predicted octanol–water partition coefficient (Wildman–Crippen LogP) is 3.62. The van der Waals surface area contributed by atoms with Gasteiger partial charge in [0, 0.05) is 17.8 Å². The van der Waals surface area contributed by atoms with E-state index in [0.717, 1.165) is 12.1 Å². The molecule has 0 radical (unpaired) electrons. The van der Waals surface area contributed by atoms with Crippen LogP contribution in [0.3, 0.4) is 0 Å². The fraction of sp³-hybridized carbons (Fsp3) is 0.118. The molecule has 1 aromatic carbocycles. The summed E-state index contributed by atoms with van der Waals surface area (Å²) in [7, 11) is 0. The Hall–Kier alpha value is -2.94. The molecule has 0 aliphatic heterocycles. The molecule has 0 aliphatic rings. The van der Waals surface area contributed by atoms with Crippen LogP contribution < -0.4 is 10.9 Å². The van der Waals surface area contributed by atoms with Crippen LogP contribution >= 0.6 is 11.3 Å². The Kier molecular flexibility index (Phi) is 4.90. The third-order valence-corrected chi connectivity index (χ3v) is 4.24. The molecule has 0 bridgehead atoms. The molecule has 0 saturated carbocycles. The van der Waals surface area contributed by atoms with Crippen LogP contribution in [0.25, 0.3) is 0 Å². The van der Waals surface area contributed by atoms with E-state index in [0.29, 0.717) is 10.7 Å². The normalized spacial score (nSPS) is 11.3. The molecule has 0 unspecified atom stereocenters. The average Bonchev–Trinajstić information content (AvgIpc) is 3.09. The van der Waals surface area contributed by atoms with Gasteiger partial charge in [0.25, 0.3) is 11.5 Å².